The molecule has 0 amide bonds. The zero-order valence-corrected chi connectivity index (χ0v) is 14.8. The highest BCUT2D eigenvalue weighted by atomic mass is 35.5. The van der Waals surface area contributed by atoms with E-state index in [0.29, 0.717) is 17.5 Å². The second-order valence-corrected chi connectivity index (χ2v) is 6.89. The third-order valence-corrected chi connectivity index (χ3v) is 5.00. The summed E-state index contributed by atoms with van der Waals surface area (Å²) in [6.07, 6.45) is -2.58. The molecule has 0 spiro atoms. The van der Waals surface area contributed by atoms with Gasteiger partial charge in [-0.05, 0) is 41.5 Å². The number of H-pyrrole nitrogens is 2. The molecule has 0 aliphatic heterocycles. The average Bonchev–Trinajstić information content (AvgIpc) is 3.42. The third-order valence-electron chi connectivity index (χ3n) is 4.70. The Kier molecular flexibility index (Phi) is 4.34. The fourth-order valence-electron chi connectivity index (χ4n) is 3.24. The van der Waals surface area contributed by atoms with Crippen molar-refractivity contribution in [1.29, 1.82) is 0 Å². The minimum absolute atomic E-state index is 0.112. The van der Waals surface area contributed by atoms with Crippen molar-refractivity contribution in [2.75, 3.05) is 0 Å². The van der Waals surface area contributed by atoms with Gasteiger partial charge < -0.3 is 4.98 Å². The molecule has 3 aromatic rings. The van der Waals surface area contributed by atoms with Gasteiger partial charge in [0.05, 0.1) is 11.1 Å². The summed E-state index contributed by atoms with van der Waals surface area (Å²) in [7, 11) is 0. The molecule has 1 aliphatic rings. The van der Waals surface area contributed by atoms with Gasteiger partial charge in [0.2, 0.25) is 0 Å². The van der Waals surface area contributed by atoms with Crippen molar-refractivity contribution in [3.8, 4) is 11.3 Å². The minimum Gasteiger partial charge on any atom is -0.313 e. The highest BCUT2D eigenvalue weighted by Crippen LogP contribution is 2.56. The topological polar surface area (TPSA) is 91.5 Å². The molecule has 0 bridgehead atoms. The van der Waals surface area contributed by atoms with E-state index in [4.69, 9.17) is 11.6 Å². The Morgan fingerprint density at radius 3 is 2.61 bits per heavy atom. The Morgan fingerprint density at radius 2 is 1.89 bits per heavy atom. The average molecular weight is 409 g/mol. The number of rotatable bonds is 3. The number of hydrogen-bond donors (Lipinski definition) is 2. The van der Waals surface area contributed by atoms with Crippen LogP contribution in [0.2, 0.25) is 5.15 Å². The molecule has 1 fully saturated rings. The van der Waals surface area contributed by atoms with Gasteiger partial charge in [-0.1, -0.05) is 29.8 Å². The number of nitrogens with zero attached hydrogens (tertiary/aromatic N) is 2. The second-order valence-electron chi connectivity index (χ2n) is 6.53. The van der Waals surface area contributed by atoms with E-state index in [1.807, 2.05) is 0 Å². The van der Waals surface area contributed by atoms with Gasteiger partial charge >= 0.3 is 11.9 Å². The quantitative estimate of drug-likeness (QED) is 0.694. The fraction of sp³-hybridized carbons (Fsp3) is 0.222. The first-order chi connectivity index (χ1) is 13.2. The lowest BCUT2D eigenvalue weighted by atomic mass is 10.0. The van der Waals surface area contributed by atoms with Crippen LogP contribution in [0.5, 0.6) is 0 Å². The Hall–Kier alpha value is -2.94. The van der Waals surface area contributed by atoms with E-state index in [-0.39, 0.29) is 28.2 Å². The first-order valence-electron chi connectivity index (χ1n) is 8.26. The van der Waals surface area contributed by atoms with E-state index in [1.54, 1.807) is 12.1 Å². The van der Waals surface area contributed by atoms with E-state index in [9.17, 15) is 22.8 Å². The highest BCUT2D eigenvalue weighted by Gasteiger charge is 2.42. The van der Waals surface area contributed by atoms with Gasteiger partial charge in [0, 0.05) is 6.20 Å². The van der Waals surface area contributed by atoms with Crippen molar-refractivity contribution in [3.63, 3.8) is 0 Å². The lowest BCUT2D eigenvalue weighted by Gasteiger charge is -2.09. The molecule has 2 atom stereocenters. The van der Waals surface area contributed by atoms with E-state index in [0.717, 1.165) is 12.1 Å². The van der Waals surface area contributed by atoms with Gasteiger partial charge in [-0.3, -0.25) is 9.78 Å². The zero-order valence-electron chi connectivity index (χ0n) is 14.0. The molecule has 2 N–H and O–H groups in total. The van der Waals surface area contributed by atoms with Crippen molar-refractivity contribution >= 4 is 11.6 Å². The molecular weight excluding hydrogens is 397 g/mol. The van der Waals surface area contributed by atoms with Crippen molar-refractivity contribution in [2.45, 2.75) is 24.4 Å². The van der Waals surface area contributed by atoms with Gasteiger partial charge in [0.1, 0.15) is 5.69 Å². The summed E-state index contributed by atoms with van der Waals surface area (Å²) in [6.45, 7) is 0. The molecule has 10 heteroatoms. The van der Waals surface area contributed by atoms with Crippen LogP contribution < -0.4 is 11.2 Å². The van der Waals surface area contributed by atoms with E-state index in [2.05, 4.69) is 20.2 Å². The van der Waals surface area contributed by atoms with Crippen LogP contribution in [0.3, 0.4) is 0 Å². The Bertz CT molecular complexity index is 1170. The predicted octanol–water partition coefficient (Wildman–Crippen LogP) is 3.46. The summed E-state index contributed by atoms with van der Waals surface area (Å²) < 4.78 is 38.8. The number of halogens is 4. The molecule has 1 aromatic carbocycles. The van der Waals surface area contributed by atoms with E-state index >= 15 is 0 Å². The number of benzene rings is 1. The Balaban J connectivity index is 1.66. The number of aromatic amines is 2. The van der Waals surface area contributed by atoms with Gasteiger partial charge in [-0.25, -0.2) is 4.79 Å². The molecule has 0 saturated heterocycles. The SMILES string of the molecule is O=c1[nH]cc(-c2cc(C3CC3c3cccc(C(F)(F)F)c3)c(Cl)nn2)c(=O)[nH]1. The largest absolute Gasteiger partial charge is 0.416 e. The van der Waals surface area contributed by atoms with E-state index in [1.165, 1.54) is 12.3 Å². The van der Waals surface area contributed by atoms with Crippen LogP contribution in [-0.4, -0.2) is 20.2 Å². The normalized spacial score (nSPS) is 18.9. The van der Waals surface area contributed by atoms with Gasteiger partial charge in [0.25, 0.3) is 5.56 Å². The van der Waals surface area contributed by atoms with Gasteiger partial charge in [-0.2, -0.15) is 13.2 Å². The lowest BCUT2D eigenvalue weighted by Crippen LogP contribution is -2.23. The Labute approximate surface area is 160 Å². The number of nitrogens with one attached hydrogen (secondary N) is 2. The molecule has 1 saturated carbocycles. The van der Waals surface area contributed by atoms with Crippen LogP contribution >= 0.6 is 11.6 Å². The molecule has 28 heavy (non-hydrogen) atoms. The zero-order chi connectivity index (χ0) is 20.1. The maximum absolute atomic E-state index is 12.9. The van der Waals surface area contributed by atoms with Gasteiger partial charge in [-0.15, -0.1) is 10.2 Å². The number of hydrogen-bond acceptors (Lipinski definition) is 4. The smallest absolute Gasteiger partial charge is 0.313 e. The summed E-state index contributed by atoms with van der Waals surface area (Å²) in [5.41, 5.74) is -0.488. The van der Waals surface area contributed by atoms with Crippen molar-refractivity contribution in [2.24, 2.45) is 0 Å². The minimum atomic E-state index is -4.41. The molecule has 144 valence electrons. The second kappa shape index (κ2) is 6.59. The first-order valence-corrected chi connectivity index (χ1v) is 8.64. The summed E-state index contributed by atoms with van der Waals surface area (Å²) in [5, 5.41) is 7.87. The van der Waals surface area contributed by atoms with Crippen LogP contribution in [0.1, 0.15) is 34.9 Å². The van der Waals surface area contributed by atoms with Crippen molar-refractivity contribution < 1.29 is 13.2 Å². The van der Waals surface area contributed by atoms with Crippen LogP contribution in [0, 0.1) is 0 Å². The standard InChI is InChI=1S/C18H12ClF3N4O2/c19-15-12(6-14(25-26-15)13-7-23-17(28)24-16(13)27)11-5-10(11)8-2-1-3-9(4-8)18(20,21)22/h1-4,6-7,10-11H,5H2,(H2,23,24,27,28). The maximum Gasteiger partial charge on any atom is 0.416 e. The van der Waals surface area contributed by atoms with Crippen molar-refractivity contribution in [1.82, 2.24) is 20.2 Å². The number of alkyl halides is 3. The van der Waals surface area contributed by atoms with Crippen molar-refractivity contribution in [3.05, 3.63) is 79.2 Å². The molecule has 0 radical (unpaired) electrons. The monoisotopic (exact) mass is 408 g/mol. The molecule has 6 nitrogen and oxygen atoms in total. The van der Waals surface area contributed by atoms with Gasteiger partial charge in [0.15, 0.2) is 5.15 Å². The fourth-order valence-corrected chi connectivity index (χ4v) is 3.47. The van der Waals surface area contributed by atoms with Crippen LogP contribution in [0.4, 0.5) is 13.2 Å². The molecule has 4 rings (SSSR count). The Morgan fingerprint density at radius 1 is 1.11 bits per heavy atom. The van der Waals surface area contributed by atoms with Crippen LogP contribution in [0.15, 0.2) is 46.1 Å². The predicted molar refractivity (Wildman–Crippen MR) is 95.3 cm³/mol. The molecule has 2 heterocycles. The van der Waals surface area contributed by atoms with Crippen LogP contribution in [-0.2, 0) is 6.18 Å². The van der Waals surface area contributed by atoms with Crippen LogP contribution in [0.25, 0.3) is 11.3 Å². The summed E-state index contributed by atoms with van der Waals surface area (Å²) in [5.74, 6) is -0.266. The highest BCUT2D eigenvalue weighted by molar-refractivity contribution is 6.30. The lowest BCUT2D eigenvalue weighted by molar-refractivity contribution is -0.137. The van der Waals surface area contributed by atoms with E-state index < -0.39 is 23.0 Å². The third kappa shape index (κ3) is 3.45. The molecule has 1 aliphatic carbocycles. The maximum atomic E-state index is 12.9. The molecular formula is C18H12ClF3N4O2. The molecule has 2 aromatic heterocycles. The molecule has 2 unspecified atom stereocenters. The summed E-state index contributed by atoms with van der Waals surface area (Å²) in [4.78, 5) is 27.6. The summed E-state index contributed by atoms with van der Waals surface area (Å²) >= 11 is 6.14. The number of aromatic nitrogens is 4. The summed E-state index contributed by atoms with van der Waals surface area (Å²) in [6, 6.07) is 6.78. The first kappa shape index (κ1) is 18.4.